The SMILES string of the molecule is C[C@H]1CCc2c(sc(NC(=O)c3ccccc3CCc3ccccc3)c2C#N)C1. The van der Waals surface area contributed by atoms with Gasteiger partial charge in [0.05, 0.1) is 5.56 Å². The van der Waals surface area contributed by atoms with Crippen molar-refractivity contribution in [1.29, 1.82) is 5.26 Å². The molecule has 1 atom stereocenters. The second-order valence-electron chi connectivity index (χ2n) is 7.76. The van der Waals surface area contributed by atoms with Crippen molar-refractivity contribution in [3.63, 3.8) is 0 Å². The zero-order valence-corrected chi connectivity index (χ0v) is 17.4. The van der Waals surface area contributed by atoms with Gasteiger partial charge in [0.15, 0.2) is 0 Å². The Morgan fingerprint density at radius 1 is 1.14 bits per heavy atom. The van der Waals surface area contributed by atoms with E-state index in [0.717, 1.165) is 43.2 Å². The third-order valence-corrected chi connectivity index (χ3v) is 6.81. The Labute approximate surface area is 176 Å². The topological polar surface area (TPSA) is 52.9 Å². The molecule has 1 heterocycles. The van der Waals surface area contributed by atoms with Crippen molar-refractivity contribution in [1.82, 2.24) is 0 Å². The number of nitriles is 1. The molecule has 0 saturated heterocycles. The number of carbonyl (C=O) groups is 1. The van der Waals surface area contributed by atoms with E-state index < -0.39 is 0 Å². The fraction of sp³-hybridized carbons (Fsp3) is 0.280. The van der Waals surface area contributed by atoms with Gasteiger partial charge in [0.1, 0.15) is 11.1 Å². The number of fused-ring (bicyclic) bond motifs is 1. The van der Waals surface area contributed by atoms with E-state index in [9.17, 15) is 10.1 Å². The summed E-state index contributed by atoms with van der Waals surface area (Å²) < 4.78 is 0. The van der Waals surface area contributed by atoms with E-state index in [1.807, 2.05) is 42.5 Å². The van der Waals surface area contributed by atoms with Crippen LogP contribution in [0.25, 0.3) is 0 Å². The summed E-state index contributed by atoms with van der Waals surface area (Å²) in [6.45, 7) is 2.25. The average molecular weight is 401 g/mol. The van der Waals surface area contributed by atoms with Crippen LogP contribution in [0, 0.1) is 17.2 Å². The smallest absolute Gasteiger partial charge is 0.256 e. The Bertz CT molecular complexity index is 1060. The van der Waals surface area contributed by atoms with Crippen LogP contribution in [0.2, 0.25) is 0 Å². The molecule has 1 aromatic heterocycles. The number of nitrogens with one attached hydrogen (secondary N) is 1. The maximum atomic E-state index is 13.1. The maximum absolute atomic E-state index is 13.1. The van der Waals surface area contributed by atoms with Crippen molar-refractivity contribution >= 4 is 22.2 Å². The lowest BCUT2D eigenvalue weighted by Crippen LogP contribution is -2.14. The zero-order valence-electron chi connectivity index (χ0n) is 16.6. The van der Waals surface area contributed by atoms with Gasteiger partial charge in [0.25, 0.3) is 5.91 Å². The lowest BCUT2D eigenvalue weighted by Gasteiger charge is -2.17. The van der Waals surface area contributed by atoms with Crippen LogP contribution in [-0.2, 0) is 25.7 Å². The molecule has 146 valence electrons. The first kappa shape index (κ1) is 19.4. The molecule has 1 aliphatic rings. The van der Waals surface area contributed by atoms with Gasteiger partial charge in [0.2, 0.25) is 0 Å². The van der Waals surface area contributed by atoms with Gasteiger partial charge in [-0.2, -0.15) is 5.26 Å². The van der Waals surface area contributed by atoms with Gasteiger partial charge in [-0.1, -0.05) is 55.5 Å². The molecule has 1 amide bonds. The van der Waals surface area contributed by atoms with E-state index in [4.69, 9.17) is 0 Å². The fourth-order valence-electron chi connectivity index (χ4n) is 4.01. The largest absolute Gasteiger partial charge is 0.312 e. The number of carbonyl (C=O) groups excluding carboxylic acids is 1. The highest BCUT2D eigenvalue weighted by molar-refractivity contribution is 7.16. The molecular weight excluding hydrogens is 376 g/mol. The van der Waals surface area contributed by atoms with Crippen LogP contribution >= 0.6 is 11.3 Å². The van der Waals surface area contributed by atoms with Crippen LogP contribution in [0.5, 0.6) is 0 Å². The summed E-state index contributed by atoms with van der Waals surface area (Å²) in [4.78, 5) is 14.3. The summed E-state index contributed by atoms with van der Waals surface area (Å²) in [5.74, 6) is 0.506. The molecule has 3 aromatic rings. The molecule has 0 fully saturated rings. The summed E-state index contributed by atoms with van der Waals surface area (Å²) in [7, 11) is 0. The minimum absolute atomic E-state index is 0.128. The summed E-state index contributed by atoms with van der Waals surface area (Å²) >= 11 is 1.57. The molecule has 29 heavy (non-hydrogen) atoms. The number of amides is 1. The third kappa shape index (κ3) is 4.26. The van der Waals surface area contributed by atoms with E-state index in [1.165, 1.54) is 10.4 Å². The van der Waals surface area contributed by atoms with Crippen LogP contribution in [0.4, 0.5) is 5.00 Å². The standard InChI is InChI=1S/C25H24N2OS/c1-17-11-14-21-22(16-26)25(29-23(21)15-17)27-24(28)20-10-6-5-9-19(20)13-12-18-7-3-2-4-8-18/h2-10,17H,11-15H2,1H3,(H,27,28)/t17-/m0/s1. The molecule has 3 nitrogen and oxygen atoms in total. The highest BCUT2D eigenvalue weighted by Crippen LogP contribution is 2.39. The quantitative estimate of drug-likeness (QED) is 0.590. The molecule has 0 radical (unpaired) electrons. The normalized spacial score (nSPS) is 15.4. The Morgan fingerprint density at radius 3 is 2.69 bits per heavy atom. The van der Waals surface area contributed by atoms with Gasteiger partial charge in [-0.05, 0) is 60.8 Å². The van der Waals surface area contributed by atoms with Crippen molar-refractivity contribution in [2.45, 2.75) is 39.0 Å². The monoisotopic (exact) mass is 400 g/mol. The predicted octanol–water partition coefficient (Wildman–Crippen LogP) is 5.78. The van der Waals surface area contributed by atoms with E-state index in [-0.39, 0.29) is 5.91 Å². The van der Waals surface area contributed by atoms with E-state index >= 15 is 0 Å². The number of nitrogens with zero attached hydrogens (tertiary/aromatic N) is 1. The van der Waals surface area contributed by atoms with E-state index in [2.05, 4.69) is 30.4 Å². The van der Waals surface area contributed by atoms with Crippen LogP contribution < -0.4 is 5.32 Å². The summed E-state index contributed by atoms with van der Waals surface area (Å²) in [5, 5.41) is 13.4. The first-order valence-corrected chi connectivity index (χ1v) is 10.9. The predicted molar refractivity (Wildman–Crippen MR) is 118 cm³/mol. The molecule has 2 aromatic carbocycles. The molecule has 4 rings (SSSR count). The Kier molecular flexibility index (Phi) is 5.78. The fourth-order valence-corrected chi connectivity index (χ4v) is 5.37. The Hall–Kier alpha value is -2.90. The first-order valence-electron chi connectivity index (χ1n) is 10.1. The van der Waals surface area contributed by atoms with Gasteiger partial charge < -0.3 is 5.32 Å². The minimum Gasteiger partial charge on any atom is -0.312 e. The Morgan fingerprint density at radius 2 is 1.90 bits per heavy atom. The molecule has 0 aliphatic heterocycles. The number of thiophene rings is 1. The average Bonchev–Trinajstić information content (AvgIpc) is 3.09. The van der Waals surface area contributed by atoms with Crippen LogP contribution in [-0.4, -0.2) is 5.91 Å². The van der Waals surface area contributed by atoms with Gasteiger partial charge in [0, 0.05) is 10.4 Å². The maximum Gasteiger partial charge on any atom is 0.256 e. The van der Waals surface area contributed by atoms with E-state index in [1.54, 1.807) is 11.3 Å². The number of benzene rings is 2. The van der Waals surface area contributed by atoms with Crippen LogP contribution in [0.1, 0.15) is 50.8 Å². The van der Waals surface area contributed by atoms with E-state index in [0.29, 0.717) is 22.0 Å². The molecule has 1 aliphatic carbocycles. The zero-order chi connectivity index (χ0) is 20.2. The van der Waals surface area contributed by atoms with Crippen molar-refractivity contribution < 1.29 is 4.79 Å². The highest BCUT2D eigenvalue weighted by Gasteiger charge is 2.25. The number of anilines is 1. The molecule has 0 spiro atoms. The highest BCUT2D eigenvalue weighted by atomic mass is 32.1. The van der Waals surface area contributed by atoms with Crippen molar-refractivity contribution in [2.75, 3.05) is 5.32 Å². The van der Waals surface area contributed by atoms with Crippen molar-refractivity contribution in [2.24, 2.45) is 5.92 Å². The minimum atomic E-state index is -0.128. The van der Waals surface area contributed by atoms with Gasteiger partial charge in [-0.15, -0.1) is 11.3 Å². The van der Waals surface area contributed by atoms with Gasteiger partial charge in [-0.3, -0.25) is 4.79 Å². The first-order chi connectivity index (χ1) is 14.2. The second kappa shape index (κ2) is 8.63. The van der Waals surface area contributed by atoms with Crippen molar-refractivity contribution in [3.05, 3.63) is 87.3 Å². The number of rotatable bonds is 5. The van der Waals surface area contributed by atoms with Gasteiger partial charge in [-0.25, -0.2) is 0 Å². The van der Waals surface area contributed by atoms with Gasteiger partial charge >= 0.3 is 0 Å². The number of hydrogen-bond donors (Lipinski definition) is 1. The molecule has 0 bridgehead atoms. The second-order valence-corrected chi connectivity index (χ2v) is 8.87. The summed E-state index contributed by atoms with van der Waals surface area (Å²) in [6.07, 6.45) is 4.72. The summed E-state index contributed by atoms with van der Waals surface area (Å²) in [6, 6.07) is 20.4. The Balaban J connectivity index is 1.55. The number of aryl methyl sites for hydroxylation is 2. The molecule has 1 N–H and O–H groups in total. The molecular formula is C25H24N2OS. The molecule has 0 unspecified atom stereocenters. The third-order valence-electron chi connectivity index (χ3n) is 5.64. The van der Waals surface area contributed by atoms with Crippen LogP contribution in [0.3, 0.4) is 0 Å². The van der Waals surface area contributed by atoms with Crippen LogP contribution in [0.15, 0.2) is 54.6 Å². The van der Waals surface area contributed by atoms with Crippen molar-refractivity contribution in [3.8, 4) is 6.07 Å². The number of hydrogen-bond acceptors (Lipinski definition) is 3. The molecule has 0 saturated carbocycles. The summed E-state index contributed by atoms with van der Waals surface area (Å²) in [5.41, 5.74) is 4.78. The molecule has 4 heteroatoms. The lowest BCUT2D eigenvalue weighted by atomic mass is 9.88. The lowest BCUT2D eigenvalue weighted by molar-refractivity contribution is 0.102.